The van der Waals surface area contributed by atoms with Crippen molar-refractivity contribution in [2.75, 3.05) is 0 Å². The number of hydrogen-bond acceptors (Lipinski definition) is 3. The van der Waals surface area contributed by atoms with Gasteiger partial charge in [-0.3, -0.25) is 0 Å². The van der Waals surface area contributed by atoms with E-state index in [1.807, 2.05) is 0 Å². The predicted molar refractivity (Wildman–Crippen MR) is 50.3 cm³/mol. The lowest BCUT2D eigenvalue weighted by Crippen LogP contribution is -2.48. The molecule has 0 aliphatic heterocycles. The van der Waals surface area contributed by atoms with Gasteiger partial charge in [0.05, 0.1) is 17.3 Å². The molecule has 0 saturated heterocycles. The fourth-order valence-corrected chi connectivity index (χ4v) is 1.92. The Bertz CT molecular complexity index is 181. The lowest BCUT2D eigenvalue weighted by molar-refractivity contribution is -0.126. The fourth-order valence-electron chi connectivity index (χ4n) is 1.92. The summed E-state index contributed by atoms with van der Waals surface area (Å²) >= 11 is 0. The molecule has 0 bridgehead atoms. The molecule has 0 spiro atoms. The summed E-state index contributed by atoms with van der Waals surface area (Å²) in [5.74, 6) is 0.0859. The molecular weight excluding hydrogens is 168 g/mol. The molecule has 1 aliphatic carbocycles. The zero-order chi connectivity index (χ0) is 10.3. The highest BCUT2D eigenvalue weighted by atomic mass is 16.3. The fraction of sp³-hybridized carbons (Fsp3) is 1.00. The van der Waals surface area contributed by atoms with Gasteiger partial charge in [-0.15, -0.1) is 0 Å². The van der Waals surface area contributed by atoms with E-state index >= 15 is 0 Å². The van der Waals surface area contributed by atoms with Gasteiger partial charge in [-0.05, 0) is 46.0 Å². The second-order valence-corrected chi connectivity index (χ2v) is 5.00. The second kappa shape index (κ2) is 3.23. The van der Waals surface area contributed by atoms with Crippen molar-refractivity contribution in [3.63, 3.8) is 0 Å². The topological polar surface area (TPSA) is 60.7 Å². The van der Waals surface area contributed by atoms with Crippen molar-refractivity contribution < 1.29 is 15.3 Å². The summed E-state index contributed by atoms with van der Waals surface area (Å²) in [5, 5.41) is 29.0. The Kier molecular flexibility index (Phi) is 2.72. The van der Waals surface area contributed by atoms with Crippen molar-refractivity contribution in [2.45, 2.75) is 57.3 Å². The van der Waals surface area contributed by atoms with Gasteiger partial charge >= 0.3 is 0 Å². The lowest BCUT2D eigenvalue weighted by atomic mass is 9.72. The lowest BCUT2D eigenvalue weighted by Gasteiger charge is -2.42. The van der Waals surface area contributed by atoms with E-state index in [4.69, 9.17) is 0 Å². The average molecular weight is 188 g/mol. The molecule has 3 nitrogen and oxygen atoms in total. The third-order valence-electron chi connectivity index (χ3n) is 3.22. The molecular formula is C10H20O3. The monoisotopic (exact) mass is 188 g/mol. The third-order valence-corrected chi connectivity index (χ3v) is 3.22. The van der Waals surface area contributed by atoms with Crippen LogP contribution in [0.5, 0.6) is 0 Å². The first-order chi connectivity index (χ1) is 5.73. The highest BCUT2D eigenvalue weighted by molar-refractivity contribution is 4.93. The van der Waals surface area contributed by atoms with Crippen LogP contribution in [-0.4, -0.2) is 32.6 Å². The van der Waals surface area contributed by atoms with E-state index in [1.165, 1.54) is 0 Å². The van der Waals surface area contributed by atoms with Crippen molar-refractivity contribution in [2.24, 2.45) is 5.92 Å². The van der Waals surface area contributed by atoms with Crippen LogP contribution in [0.1, 0.15) is 40.0 Å². The summed E-state index contributed by atoms with van der Waals surface area (Å²) < 4.78 is 0. The van der Waals surface area contributed by atoms with Crippen molar-refractivity contribution in [1.82, 2.24) is 0 Å². The van der Waals surface area contributed by atoms with E-state index in [1.54, 1.807) is 20.8 Å². The van der Waals surface area contributed by atoms with E-state index in [0.29, 0.717) is 12.8 Å². The molecule has 78 valence electrons. The maximum atomic E-state index is 9.74. The summed E-state index contributed by atoms with van der Waals surface area (Å²) in [7, 11) is 0. The van der Waals surface area contributed by atoms with Crippen LogP contribution in [0.15, 0.2) is 0 Å². The number of hydrogen-bond donors (Lipinski definition) is 3. The minimum absolute atomic E-state index is 0.0859. The minimum Gasteiger partial charge on any atom is -0.390 e. The van der Waals surface area contributed by atoms with Crippen LogP contribution in [0.2, 0.25) is 0 Å². The van der Waals surface area contributed by atoms with Gasteiger partial charge in [-0.1, -0.05) is 0 Å². The van der Waals surface area contributed by atoms with Gasteiger partial charge < -0.3 is 15.3 Å². The van der Waals surface area contributed by atoms with Gasteiger partial charge in [0.1, 0.15) is 0 Å². The van der Waals surface area contributed by atoms with Crippen LogP contribution in [-0.2, 0) is 0 Å². The summed E-state index contributed by atoms with van der Waals surface area (Å²) in [6, 6.07) is 0. The Labute approximate surface area is 79.4 Å². The molecule has 1 fully saturated rings. The van der Waals surface area contributed by atoms with E-state index < -0.39 is 17.3 Å². The summed E-state index contributed by atoms with van der Waals surface area (Å²) in [6.45, 7) is 5.16. The standard InChI is InChI=1S/C10H20O3/c1-9(2,12)7-4-5-10(3,13)8(11)6-7/h7-8,11-13H,4-6H2,1-3H3/t7-,8+,10+/m1/s1. The van der Waals surface area contributed by atoms with Crippen molar-refractivity contribution in [1.29, 1.82) is 0 Å². The van der Waals surface area contributed by atoms with Gasteiger partial charge in [0.2, 0.25) is 0 Å². The van der Waals surface area contributed by atoms with E-state index in [0.717, 1.165) is 6.42 Å². The van der Waals surface area contributed by atoms with Crippen LogP contribution < -0.4 is 0 Å². The normalized spacial score (nSPS) is 42.0. The number of aliphatic hydroxyl groups excluding tert-OH is 1. The smallest absolute Gasteiger partial charge is 0.0877 e. The first kappa shape index (κ1) is 11.0. The highest BCUT2D eigenvalue weighted by Crippen LogP contribution is 2.37. The molecule has 13 heavy (non-hydrogen) atoms. The molecule has 0 aromatic rings. The second-order valence-electron chi connectivity index (χ2n) is 5.00. The molecule has 3 N–H and O–H groups in total. The van der Waals surface area contributed by atoms with Crippen LogP contribution in [0.4, 0.5) is 0 Å². The zero-order valence-electron chi connectivity index (χ0n) is 8.62. The van der Waals surface area contributed by atoms with Crippen LogP contribution in [0.3, 0.4) is 0 Å². The summed E-state index contributed by atoms with van der Waals surface area (Å²) in [4.78, 5) is 0. The molecule has 1 rings (SSSR count). The molecule has 0 unspecified atom stereocenters. The number of aliphatic hydroxyl groups is 3. The molecule has 0 amide bonds. The van der Waals surface area contributed by atoms with Crippen LogP contribution in [0.25, 0.3) is 0 Å². The quantitative estimate of drug-likeness (QED) is 0.567. The van der Waals surface area contributed by atoms with E-state index in [2.05, 4.69) is 0 Å². The molecule has 0 radical (unpaired) electrons. The molecule has 0 heterocycles. The Morgan fingerprint density at radius 2 is 1.92 bits per heavy atom. The Morgan fingerprint density at radius 3 is 2.31 bits per heavy atom. The van der Waals surface area contributed by atoms with Crippen LogP contribution in [0, 0.1) is 5.92 Å². The Morgan fingerprint density at radius 1 is 1.38 bits per heavy atom. The van der Waals surface area contributed by atoms with Crippen molar-refractivity contribution in [3.8, 4) is 0 Å². The molecule has 0 aromatic heterocycles. The van der Waals surface area contributed by atoms with Gasteiger partial charge in [0.25, 0.3) is 0 Å². The molecule has 1 saturated carbocycles. The van der Waals surface area contributed by atoms with Crippen molar-refractivity contribution in [3.05, 3.63) is 0 Å². The Hall–Kier alpha value is -0.120. The van der Waals surface area contributed by atoms with Gasteiger partial charge in [-0.2, -0.15) is 0 Å². The molecule has 3 heteroatoms. The highest BCUT2D eigenvalue weighted by Gasteiger charge is 2.41. The average Bonchev–Trinajstić information content (AvgIpc) is 1.92. The molecule has 0 aromatic carbocycles. The van der Waals surface area contributed by atoms with E-state index in [-0.39, 0.29) is 5.92 Å². The third kappa shape index (κ3) is 2.42. The summed E-state index contributed by atoms with van der Waals surface area (Å²) in [5.41, 5.74) is -1.72. The molecule has 1 aliphatic rings. The zero-order valence-corrected chi connectivity index (χ0v) is 8.62. The minimum atomic E-state index is -0.970. The SMILES string of the molecule is CC(C)(O)[C@@H]1CC[C@](C)(O)[C@@H](O)C1. The van der Waals surface area contributed by atoms with Gasteiger partial charge in [-0.25, -0.2) is 0 Å². The summed E-state index contributed by atoms with van der Waals surface area (Å²) in [6.07, 6.45) is 1.10. The Balaban J connectivity index is 2.61. The van der Waals surface area contributed by atoms with Gasteiger partial charge in [0.15, 0.2) is 0 Å². The largest absolute Gasteiger partial charge is 0.390 e. The molecule has 3 atom stereocenters. The predicted octanol–water partition coefficient (Wildman–Crippen LogP) is 0.669. The first-order valence-electron chi connectivity index (χ1n) is 4.86. The van der Waals surface area contributed by atoms with Crippen LogP contribution >= 0.6 is 0 Å². The number of rotatable bonds is 1. The first-order valence-corrected chi connectivity index (χ1v) is 4.86. The van der Waals surface area contributed by atoms with Crippen molar-refractivity contribution >= 4 is 0 Å². The maximum Gasteiger partial charge on any atom is 0.0877 e. The van der Waals surface area contributed by atoms with Gasteiger partial charge in [0, 0.05) is 0 Å². The van der Waals surface area contributed by atoms with E-state index in [9.17, 15) is 15.3 Å². The maximum absolute atomic E-state index is 9.74.